The summed E-state index contributed by atoms with van der Waals surface area (Å²) in [5.74, 6) is 0. The number of hydrogen-bond donors (Lipinski definition) is 0. The molecule has 0 N–H and O–H groups in total. The molecule has 50 heavy (non-hydrogen) atoms. The maximum atomic E-state index is 2.72. The van der Waals surface area contributed by atoms with E-state index in [4.69, 9.17) is 0 Å². The van der Waals surface area contributed by atoms with E-state index in [1.807, 2.05) is 0 Å². The molecule has 0 unspecified atom stereocenters. The van der Waals surface area contributed by atoms with Crippen LogP contribution in [0.3, 0.4) is 0 Å². The molecule has 0 aliphatic carbocycles. The number of aryl methyl sites for hydroxylation is 3. The lowest BCUT2D eigenvalue weighted by Gasteiger charge is -2.18. The van der Waals surface area contributed by atoms with Crippen LogP contribution in [0.2, 0.25) is 0 Å². The molecule has 2 heteroatoms. The minimum atomic E-state index is 1.27. The van der Waals surface area contributed by atoms with Gasteiger partial charge in [-0.15, -0.1) is 0 Å². The van der Waals surface area contributed by atoms with Crippen LogP contribution in [-0.4, -0.2) is 4.57 Å². The minimum absolute atomic E-state index is 1.27. The Morgan fingerprint density at radius 3 is 0.980 bits per heavy atom. The van der Waals surface area contributed by atoms with E-state index in [2.05, 4.69) is 68.8 Å². The van der Waals surface area contributed by atoms with Gasteiger partial charge in [-0.25, -0.2) is 0 Å². The van der Waals surface area contributed by atoms with Crippen molar-refractivity contribution in [2.24, 2.45) is 7.05 Å². The molecule has 1 aromatic carbocycles. The van der Waals surface area contributed by atoms with Crippen molar-refractivity contribution < 1.29 is 0 Å². The summed E-state index contributed by atoms with van der Waals surface area (Å²) in [4.78, 5) is 0. The van der Waals surface area contributed by atoms with Crippen LogP contribution < -0.4 is 0 Å². The quantitative estimate of drug-likeness (QED) is 0.0491. The zero-order valence-corrected chi connectivity index (χ0v) is 37.0. The highest BCUT2D eigenvalue weighted by atomic mass is 127. The molecule has 290 valence electrons. The molecule has 1 aromatic heterocycles. The van der Waals surface area contributed by atoms with Gasteiger partial charge < -0.3 is 4.57 Å². The summed E-state index contributed by atoms with van der Waals surface area (Å²) in [7, 11) is 2.29. The molecule has 0 saturated heterocycles. The molecule has 0 fully saturated rings. The Morgan fingerprint density at radius 2 is 0.660 bits per heavy atom. The highest BCUT2D eigenvalue weighted by Crippen LogP contribution is 2.37. The Balaban J connectivity index is 1.68. The Labute approximate surface area is 327 Å². The number of unbranched alkanes of at least 4 members (excludes halogenated alkanes) is 30. The Bertz CT molecular complexity index is 1020. The average molecular weight is 804 g/mol. The molecule has 1 nitrogen and oxygen atoms in total. The molecule has 0 saturated carbocycles. The van der Waals surface area contributed by atoms with Crippen LogP contribution in [0.1, 0.15) is 247 Å². The summed E-state index contributed by atoms with van der Waals surface area (Å²) in [6.07, 6.45) is 48.7. The third kappa shape index (κ3) is 18.0. The monoisotopic (exact) mass is 804 g/mol. The van der Waals surface area contributed by atoms with E-state index in [1.54, 1.807) is 25.6 Å². The van der Waals surface area contributed by atoms with E-state index in [0.717, 1.165) is 0 Å². The highest BCUT2D eigenvalue weighted by Gasteiger charge is 2.21. The van der Waals surface area contributed by atoms with Crippen molar-refractivity contribution in [3.8, 4) is 0 Å². The molecule has 0 aliphatic heterocycles. The first-order valence-corrected chi connectivity index (χ1v) is 23.8. The van der Waals surface area contributed by atoms with E-state index in [0.29, 0.717) is 0 Å². The van der Waals surface area contributed by atoms with Gasteiger partial charge in [0.2, 0.25) is 0 Å². The third-order valence-corrected chi connectivity index (χ3v) is 13.4. The summed E-state index contributed by atoms with van der Waals surface area (Å²) in [6.45, 7) is 11.7. The van der Waals surface area contributed by atoms with Crippen molar-refractivity contribution >= 4 is 33.5 Å². The largest absolute Gasteiger partial charge is 0.347 e. The van der Waals surface area contributed by atoms with Crippen LogP contribution in [0.25, 0.3) is 10.9 Å². The molecule has 1 heterocycles. The van der Waals surface area contributed by atoms with E-state index in [-0.39, 0.29) is 0 Å². The molecule has 0 spiro atoms. The van der Waals surface area contributed by atoms with Crippen LogP contribution >= 0.6 is 22.6 Å². The number of rotatable bonds is 34. The number of fused-ring (bicyclic) bond motifs is 1. The molecule has 0 amide bonds. The number of aromatic nitrogens is 1. The fourth-order valence-corrected chi connectivity index (χ4v) is 9.84. The van der Waals surface area contributed by atoms with Gasteiger partial charge in [0.1, 0.15) is 0 Å². The Hall–Kier alpha value is -0.510. The summed E-state index contributed by atoms with van der Waals surface area (Å²) >= 11 is 2.72. The van der Waals surface area contributed by atoms with Gasteiger partial charge in [-0.05, 0) is 91.3 Å². The van der Waals surface area contributed by atoms with Gasteiger partial charge in [0, 0.05) is 21.7 Å². The second kappa shape index (κ2) is 29.9. The fraction of sp³-hybridized carbons (Fsp3) is 0.833. The number of benzene rings is 1. The average Bonchev–Trinajstić information content (AvgIpc) is 3.34. The lowest BCUT2D eigenvalue weighted by atomic mass is 9.90. The van der Waals surface area contributed by atoms with E-state index in [1.165, 1.54) is 235 Å². The molecule has 2 aromatic rings. The number of halogens is 1. The first-order chi connectivity index (χ1) is 24.5. The highest BCUT2D eigenvalue weighted by molar-refractivity contribution is 14.1. The molecular weight excluding hydrogens is 717 g/mol. The maximum Gasteiger partial charge on any atom is 0.0623 e. The van der Waals surface area contributed by atoms with Gasteiger partial charge in [0.15, 0.2) is 0 Å². The molecule has 0 radical (unpaired) electrons. The van der Waals surface area contributed by atoms with Crippen LogP contribution in [0.4, 0.5) is 0 Å². The standard InChI is InChI=1S/C48H86IN/c1-7-9-11-13-15-17-19-21-23-25-27-29-31-33-35-37-39-44-42(4)46-41(3)43(5)50(6)48(46)47(49)45(44)40-38-36-34-32-30-28-26-24-22-20-18-16-14-12-10-8-2/h7-40H2,1-6H3. The zero-order chi connectivity index (χ0) is 36.2. The normalized spacial score (nSPS) is 11.8. The van der Waals surface area contributed by atoms with Crippen molar-refractivity contribution in [3.63, 3.8) is 0 Å². The Kier molecular flexibility index (Phi) is 27.3. The molecule has 2 rings (SSSR count). The number of nitrogens with zero attached hydrogens (tertiary/aromatic N) is 1. The van der Waals surface area contributed by atoms with Gasteiger partial charge in [-0.1, -0.05) is 206 Å². The topological polar surface area (TPSA) is 4.93 Å². The van der Waals surface area contributed by atoms with Crippen LogP contribution in [0.15, 0.2) is 0 Å². The van der Waals surface area contributed by atoms with Crippen molar-refractivity contribution in [1.29, 1.82) is 0 Å². The number of hydrogen-bond acceptors (Lipinski definition) is 0. The first-order valence-electron chi connectivity index (χ1n) is 22.7. The van der Waals surface area contributed by atoms with Crippen molar-refractivity contribution in [1.82, 2.24) is 4.57 Å². The van der Waals surface area contributed by atoms with Gasteiger partial charge in [-0.2, -0.15) is 0 Å². The Morgan fingerprint density at radius 1 is 0.380 bits per heavy atom. The smallest absolute Gasteiger partial charge is 0.0623 e. The van der Waals surface area contributed by atoms with E-state index < -0.39 is 0 Å². The second-order valence-electron chi connectivity index (χ2n) is 16.5. The van der Waals surface area contributed by atoms with Crippen LogP contribution in [-0.2, 0) is 19.9 Å². The molecule has 0 bridgehead atoms. The van der Waals surface area contributed by atoms with E-state index >= 15 is 0 Å². The van der Waals surface area contributed by atoms with Gasteiger partial charge in [0.25, 0.3) is 0 Å². The van der Waals surface area contributed by atoms with Gasteiger partial charge in [-0.3, -0.25) is 0 Å². The van der Waals surface area contributed by atoms with Gasteiger partial charge >= 0.3 is 0 Å². The van der Waals surface area contributed by atoms with Crippen molar-refractivity contribution in [3.05, 3.63) is 31.5 Å². The van der Waals surface area contributed by atoms with Crippen LogP contribution in [0.5, 0.6) is 0 Å². The minimum Gasteiger partial charge on any atom is -0.347 e. The molecule has 0 aliphatic rings. The summed E-state index contributed by atoms with van der Waals surface area (Å²) in [6, 6.07) is 0. The van der Waals surface area contributed by atoms with E-state index in [9.17, 15) is 0 Å². The lowest BCUT2D eigenvalue weighted by molar-refractivity contribution is 0.528. The molecule has 0 atom stereocenters. The summed E-state index contributed by atoms with van der Waals surface area (Å²) in [5, 5.41) is 1.55. The summed E-state index contributed by atoms with van der Waals surface area (Å²) in [5.41, 5.74) is 9.44. The second-order valence-corrected chi connectivity index (χ2v) is 17.6. The predicted octanol–water partition coefficient (Wildman–Crippen LogP) is 17.3. The predicted molar refractivity (Wildman–Crippen MR) is 236 cm³/mol. The summed E-state index contributed by atoms with van der Waals surface area (Å²) < 4.78 is 4.03. The third-order valence-electron chi connectivity index (χ3n) is 12.2. The van der Waals surface area contributed by atoms with Crippen molar-refractivity contribution in [2.45, 2.75) is 253 Å². The fourth-order valence-electron chi connectivity index (χ4n) is 8.61. The molecular formula is C48H86IN. The first kappa shape index (κ1) is 45.6. The van der Waals surface area contributed by atoms with Crippen LogP contribution in [0, 0.1) is 24.3 Å². The maximum absolute atomic E-state index is 2.72. The van der Waals surface area contributed by atoms with Crippen molar-refractivity contribution in [2.75, 3.05) is 0 Å². The zero-order valence-electron chi connectivity index (χ0n) is 34.9. The lowest BCUT2D eigenvalue weighted by Crippen LogP contribution is -2.05. The van der Waals surface area contributed by atoms with Gasteiger partial charge in [0.05, 0.1) is 5.52 Å². The SMILES string of the molecule is CCCCCCCCCCCCCCCCCCc1c(CCCCCCCCCCCCCCCCCC)c(I)c2c(c1C)c(C)c(C)n2C.